The van der Waals surface area contributed by atoms with Crippen LogP contribution in [0.5, 0.6) is 0 Å². The van der Waals surface area contributed by atoms with Crippen LogP contribution in [0.1, 0.15) is 12.7 Å². The molecule has 6 heteroatoms. The van der Waals surface area contributed by atoms with Crippen molar-refractivity contribution in [2.75, 3.05) is 19.6 Å². The molecule has 3 heterocycles. The molecule has 1 aliphatic heterocycles. The summed E-state index contributed by atoms with van der Waals surface area (Å²) in [6, 6.07) is 4.51. The van der Waals surface area contributed by atoms with Gasteiger partial charge in [0.1, 0.15) is 0 Å². The number of rotatable bonds is 3. The summed E-state index contributed by atoms with van der Waals surface area (Å²) in [5.41, 5.74) is 0. The van der Waals surface area contributed by atoms with Crippen LogP contribution in [0.4, 0.5) is 0 Å². The van der Waals surface area contributed by atoms with Crippen molar-refractivity contribution in [2.45, 2.75) is 19.5 Å². The van der Waals surface area contributed by atoms with E-state index in [-0.39, 0.29) is 0 Å². The van der Waals surface area contributed by atoms with Crippen molar-refractivity contribution >= 4 is 11.3 Å². The number of nitrogens with zero attached hydrogens (tertiary/aromatic N) is 3. The largest absolute Gasteiger partial charge is 0.333 e. The lowest BCUT2D eigenvalue weighted by atomic mass is 10.2. The topological polar surface area (TPSA) is 54.2 Å². The molecule has 96 valence electrons. The number of aromatic nitrogens is 2. The van der Waals surface area contributed by atoms with E-state index in [0.29, 0.717) is 11.9 Å². The normalized spacial score (nSPS) is 21.3. The lowest BCUT2D eigenvalue weighted by Crippen LogP contribution is -2.48. The summed E-state index contributed by atoms with van der Waals surface area (Å²) < 4.78 is 5.28. The molecule has 3 rings (SSSR count). The van der Waals surface area contributed by atoms with E-state index in [1.165, 1.54) is 0 Å². The molecule has 0 amide bonds. The van der Waals surface area contributed by atoms with Crippen LogP contribution in [0.2, 0.25) is 0 Å². The Hall–Kier alpha value is -1.24. The highest BCUT2D eigenvalue weighted by Crippen LogP contribution is 2.22. The van der Waals surface area contributed by atoms with Crippen LogP contribution in [0.25, 0.3) is 10.8 Å². The van der Waals surface area contributed by atoms with Crippen molar-refractivity contribution in [3.63, 3.8) is 0 Å². The first-order valence-electron chi connectivity index (χ1n) is 6.13. The van der Waals surface area contributed by atoms with E-state index in [1.807, 2.05) is 17.5 Å². The molecule has 1 N–H and O–H groups in total. The molecule has 0 unspecified atom stereocenters. The zero-order chi connectivity index (χ0) is 12.4. The molecule has 1 atom stereocenters. The van der Waals surface area contributed by atoms with Crippen LogP contribution in [0.15, 0.2) is 22.0 Å². The third kappa shape index (κ3) is 2.60. The molecule has 1 fully saturated rings. The van der Waals surface area contributed by atoms with Crippen molar-refractivity contribution in [3.8, 4) is 10.8 Å². The van der Waals surface area contributed by atoms with Crippen LogP contribution in [-0.2, 0) is 6.54 Å². The summed E-state index contributed by atoms with van der Waals surface area (Å²) in [6.07, 6.45) is 0. The maximum Gasteiger partial charge on any atom is 0.268 e. The summed E-state index contributed by atoms with van der Waals surface area (Å²) >= 11 is 1.62. The van der Waals surface area contributed by atoms with Crippen molar-refractivity contribution in [2.24, 2.45) is 0 Å². The highest BCUT2D eigenvalue weighted by atomic mass is 32.1. The fraction of sp³-hybridized carbons (Fsp3) is 0.500. The van der Waals surface area contributed by atoms with Gasteiger partial charge in [-0.05, 0) is 18.4 Å². The predicted molar refractivity (Wildman–Crippen MR) is 70.4 cm³/mol. The first-order valence-corrected chi connectivity index (χ1v) is 7.01. The van der Waals surface area contributed by atoms with E-state index in [4.69, 9.17) is 4.52 Å². The van der Waals surface area contributed by atoms with Gasteiger partial charge in [0.05, 0.1) is 11.4 Å². The molecule has 0 spiro atoms. The van der Waals surface area contributed by atoms with E-state index in [9.17, 15) is 0 Å². The zero-order valence-corrected chi connectivity index (χ0v) is 11.1. The second-order valence-electron chi connectivity index (χ2n) is 4.58. The van der Waals surface area contributed by atoms with E-state index in [0.717, 1.165) is 36.9 Å². The molecule has 18 heavy (non-hydrogen) atoms. The molecule has 5 nitrogen and oxygen atoms in total. The molecule has 0 bridgehead atoms. The first-order chi connectivity index (χ1) is 8.81. The third-order valence-corrected chi connectivity index (χ3v) is 3.88. The molecule has 1 saturated heterocycles. The summed E-state index contributed by atoms with van der Waals surface area (Å²) in [6.45, 7) is 6.05. The number of piperazine rings is 1. The highest BCUT2D eigenvalue weighted by Gasteiger charge is 2.18. The number of hydrogen-bond acceptors (Lipinski definition) is 6. The summed E-state index contributed by atoms with van der Waals surface area (Å²) in [5.74, 6) is 1.40. The monoisotopic (exact) mass is 264 g/mol. The van der Waals surface area contributed by atoms with Crippen molar-refractivity contribution in [3.05, 3.63) is 23.3 Å². The van der Waals surface area contributed by atoms with Crippen LogP contribution in [0.3, 0.4) is 0 Å². The van der Waals surface area contributed by atoms with Gasteiger partial charge in [-0.2, -0.15) is 4.98 Å². The SMILES string of the molecule is C[C@H]1CN(Cc2noc(-c3cccs3)n2)CCN1. The van der Waals surface area contributed by atoms with E-state index >= 15 is 0 Å². The predicted octanol–water partition coefficient (Wildman–Crippen LogP) is 1.59. The quantitative estimate of drug-likeness (QED) is 0.912. The van der Waals surface area contributed by atoms with Gasteiger partial charge in [0, 0.05) is 25.7 Å². The maximum atomic E-state index is 5.28. The van der Waals surface area contributed by atoms with E-state index in [2.05, 4.69) is 27.3 Å². The Morgan fingerprint density at radius 1 is 1.61 bits per heavy atom. The highest BCUT2D eigenvalue weighted by molar-refractivity contribution is 7.13. The smallest absolute Gasteiger partial charge is 0.268 e. The maximum absolute atomic E-state index is 5.28. The zero-order valence-electron chi connectivity index (χ0n) is 10.3. The molecular formula is C12H16N4OS. The summed E-state index contributed by atoms with van der Waals surface area (Å²) in [5, 5.41) is 9.48. The minimum atomic E-state index is 0.530. The molecule has 1 aliphatic rings. The van der Waals surface area contributed by atoms with Gasteiger partial charge in [0.15, 0.2) is 5.82 Å². The van der Waals surface area contributed by atoms with Crippen LogP contribution in [-0.4, -0.2) is 40.7 Å². The van der Waals surface area contributed by atoms with Gasteiger partial charge in [0.2, 0.25) is 0 Å². The van der Waals surface area contributed by atoms with Gasteiger partial charge in [-0.25, -0.2) is 0 Å². The minimum Gasteiger partial charge on any atom is -0.333 e. The van der Waals surface area contributed by atoms with Crippen LogP contribution in [0, 0.1) is 0 Å². The second-order valence-corrected chi connectivity index (χ2v) is 5.53. The van der Waals surface area contributed by atoms with Gasteiger partial charge in [0.25, 0.3) is 5.89 Å². The Bertz CT molecular complexity index is 496. The average Bonchev–Trinajstić information content (AvgIpc) is 2.98. The molecule has 0 aliphatic carbocycles. The Labute approximate surface area is 110 Å². The Morgan fingerprint density at radius 3 is 3.33 bits per heavy atom. The van der Waals surface area contributed by atoms with Gasteiger partial charge >= 0.3 is 0 Å². The lowest BCUT2D eigenvalue weighted by Gasteiger charge is -2.30. The van der Waals surface area contributed by atoms with Crippen molar-refractivity contribution in [1.82, 2.24) is 20.4 Å². The van der Waals surface area contributed by atoms with Gasteiger partial charge < -0.3 is 9.84 Å². The van der Waals surface area contributed by atoms with Gasteiger partial charge in [-0.3, -0.25) is 4.90 Å². The second kappa shape index (κ2) is 5.17. The summed E-state index contributed by atoms with van der Waals surface area (Å²) in [4.78, 5) is 7.82. The fourth-order valence-corrected chi connectivity index (χ4v) is 2.82. The molecule has 0 saturated carbocycles. The first kappa shape index (κ1) is 11.8. The van der Waals surface area contributed by atoms with E-state index in [1.54, 1.807) is 11.3 Å². The van der Waals surface area contributed by atoms with Crippen LogP contribution >= 0.6 is 11.3 Å². The van der Waals surface area contributed by atoms with Gasteiger partial charge in [-0.15, -0.1) is 11.3 Å². The van der Waals surface area contributed by atoms with Crippen molar-refractivity contribution in [1.29, 1.82) is 0 Å². The minimum absolute atomic E-state index is 0.530. The van der Waals surface area contributed by atoms with Crippen LogP contribution < -0.4 is 5.32 Å². The molecule has 0 aromatic carbocycles. The molecule has 0 radical (unpaired) electrons. The number of thiophene rings is 1. The number of nitrogens with one attached hydrogen (secondary N) is 1. The molecule has 2 aromatic heterocycles. The standard InChI is InChI=1S/C12H16N4OS/c1-9-7-16(5-4-13-9)8-11-14-12(17-15-11)10-3-2-6-18-10/h2-3,6,9,13H,4-5,7-8H2,1H3/t9-/m0/s1. The Balaban J connectivity index is 1.66. The van der Waals surface area contributed by atoms with Gasteiger partial charge in [-0.1, -0.05) is 11.2 Å². The Morgan fingerprint density at radius 2 is 2.56 bits per heavy atom. The fourth-order valence-electron chi connectivity index (χ4n) is 2.17. The third-order valence-electron chi connectivity index (χ3n) is 3.02. The average molecular weight is 264 g/mol. The summed E-state index contributed by atoms with van der Waals surface area (Å²) in [7, 11) is 0. The molecule has 2 aromatic rings. The van der Waals surface area contributed by atoms with Crippen molar-refractivity contribution < 1.29 is 4.52 Å². The molecular weight excluding hydrogens is 248 g/mol. The number of hydrogen-bond donors (Lipinski definition) is 1. The Kier molecular flexibility index (Phi) is 3.40. The lowest BCUT2D eigenvalue weighted by molar-refractivity contribution is 0.193. The van der Waals surface area contributed by atoms with E-state index < -0.39 is 0 Å².